The van der Waals surface area contributed by atoms with Crippen molar-refractivity contribution in [1.29, 1.82) is 0 Å². The van der Waals surface area contributed by atoms with Crippen molar-refractivity contribution in [3.63, 3.8) is 0 Å². The number of aryl methyl sites for hydroxylation is 1. The maximum Gasteiger partial charge on any atom is 2.00 e. The third-order valence-corrected chi connectivity index (χ3v) is 4.33. The molecule has 2 fully saturated rings. The van der Waals surface area contributed by atoms with E-state index < -0.39 is 0 Å². The predicted molar refractivity (Wildman–Crippen MR) is 101 cm³/mol. The van der Waals surface area contributed by atoms with Crippen molar-refractivity contribution in [1.82, 2.24) is 9.38 Å². The van der Waals surface area contributed by atoms with Crippen LogP contribution in [-0.4, -0.2) is 9.38 Å². The van der Waals surface area contributed by atoms with Crippen molar-refractivity contribution in [3.05, 3.63) is 116 Å². The monoisotopic (exact) mass is 382 g/mol. The molecule has 0 spiro atoms. The Kier molecular flexibility index (Phi) is 6.26. The molecule has 3 aromatic rings. The first-order chi connectivity index (χ1) is 12.3. The summed E-state index contributed by atoms with van der Waals surface area (Å²) in [5.41, 5.74) is 4.66. The van der Waals surface area contributed by atoms with Crippen LogP contribution in [0.4, 0.5) is 0 Å². The summed E-state index contributed by atoms with van der Waals surface area (Å²) in [5, 5.41) is 0. The molecule has 128 valence electrons. The van der Waals surface area contributed by atoms with Gasteiger partial charge in [0.05, 0.1) is 11.0 Å². The molecule has 0 atom stereocenters. The van der Waals surface area contributed by atoms with Gasteiger partial charge >= 0.3 is 17.1 Å². The van der Waals surface area contributed by atoms with E-state index >= 15 is 0 Å². The number of nitrogens with zero attached hydrogens (tertiary/aromatic N) is 1. The number of H-pyrrole nitrogens is 1. The number of nitrogens with one attached hydrogen (secondary N) is 1. The van der Waals surface area contributed by atoms with Gasteiger partial charge in [0, 0.05) is 12.1 Å². The number of hydrogen-bond acceptors (Lipinski definition) is 1. The molecule has 10 radical (unpaired) electrons. The molecule has 26 heavy (non-hydrogen) atoms. The minimum absolute atomic E-state index is 0. The number of aromatic amines is 1. The van der Waals surface area contributed by atoms with Gasteiger partial charge in [0.25, 0.3) is 5.56 Å². The summed E-state index contributed by atoms with van der Waals surface area (Å²) >= 11 is 0. The number of rotatable bonds is 1. The van der Waals surface area contributed by atoms with Crippen molar-refractivity contribution in [2.75, 3.05) is 0 Å². The Hall–Kier alpha value is -1.51. The van der Waals surface area contributed by atoms with Crippen molar-refractivity contribution in [3.8, 4) is 0 Å². The summed E-state index contributed by atoms with van der Waals surface area (Å²) in [6.07, 6.45) is 20.1. The van der Waals surface area contributed by atoms with Crippen molar-refractivity contribution < 1.29 is 17.1 Å². The summed E-state index contributed by atoms with van der Waals surface area (Å²) in [7, 11) is 0. The van der Waals surface area contributed by atoms with E-state index in [1.54, 1.807) is 0 Å². The molecule has 0 saturated heterocycles. The van der Waals surface area contributed by atoms with E-state index in [1.807, 2.05) is 99.6 Å². The quantitative estimate of drug-likeness (QED) is 0.638. The van der Waals surface area contributed by atoms with Crippen LogP contribution in [0.25, 0.3) is 16.6 Å². The summed E-state index contributed by atoms with van der Waals surface area (Å²) in [5.74, 6) is 1.09. The van der Waals surface area contributed by atoms with Gasteiger partial charge in [0.2, 0.25) is 0 Å². The number of fused-ring (bicyclic) bond motifs is 3. The van der Waals surface area contributed by atoms with Gasteiger partial charge in [-0.1, -0.05) is 12.1 Å². The topological polar surface area (TPSA) is 37.3 Å². The zero-order valence-corrected chi connectivity index (χ0v) is 15.4. The normalized spacial score (nSPS) is 17.3. The molecule has 1 aromatic carbocycles. The fourth-order valence-electron chi connectivity index (χ4n) is 3.24. The summed E-state index contributed by atoms with van der Waals surface area (Å²) in [6, 6.07) is 7.86. The number of hydrogen-bond donors (Lipinski definition) is 1. The Morgan fingerprint density at radius 2 is 1.50 bits per heavy atom. The SMILES string of the molecule is Cc1cn2c(c1[C]1[CH][CH][CH][CH]1)c(=O)[nH]c1ccccc12.[CH]1[CH][CH][CH][CH]1.[Fe+2]. The molecule has 2 heterocycles. The summed E-state index contributed by atoms with van der Waals surface area (Å²) in [4.78, 5) is 15.4. The molecule has 2 saturated carbocycles. The fraction of sp³-hybridized carbons (Fsp3) is 0.0455. The molecule has 0 amide bonds. The second-order valence-electron chi connectivity index (χ2n) is 6.01. The van der Waals surface area contributed by atoms with Crippen LogP contribution in [0.5, 0.6) is 0 Å². The van der Waals surface area contributed by atoms with Crippen molar-refractivity contribution in [2.45, 2.75) is 6.92 Å². The standard InChI is InChI=1S/C17H13N2O.C5H5.Fe/c1-11-10-19-14-9-5-4-8-13(14)18-17(20)16(19)15(11)12-6-2-3-7-12;1-2-4-5-3-1;/h2-10H,1H3,(H,18,20);1-5H;/q;;+2. The molecule has 0 unspecified atom stereocenters. The molecule has 2 aliphatic carbocycles. The second-order valence-corrected chi connectivity index (χ2v) is 6.01. The predicted octanol–water partition coefficient (Wildman–Crippen LogP) is 3.86. The van der Waals surface area contributed by atoms with Crippen LogP contribution in [0.1, 0.15) is 11.1 Å². The summed E-state index contributed by atoms with van der Waals surface area (Å²) < 4.78 is 1.99. The van der Waals surface area contributed by atoms with Crippen LogP contribution in [0.2, 0.25) is 0 Å². The van der Waals surface area contributed by atoms with Gasteiger partial charge in [-0.15, -0.1) is 0 Å². The minimum Gasteiger partial charge on any atom is -0.319 e. The fourth-order valence-corrected chi connectivity index (χ4v) is 3.24. The maximum atomic E-state index is 12.4. The molecule has 2 aliphatic rings. The molecule has 4 heteroatoms. The van der Waals surface area contributed by atoms with Crippen LogP contribution < -0.4 is 5.56 Å². The van der Waals surface area contributed by atoms with E-state index in [0.717, 1.165) is 28.1 Å². The first kappa shape index (κ1) is 19.3. The zero-order valence-electron chi connectivity index (χ0n) is 14.3. The van der Waals surface area contributed by atoms with Gasteiger partial charge in [-0.05, 0) is 88.0 Å². The summed E-state index contributed by atoms with van der Waals surface area (Å²) in [6.45, 7) is 2.05. The molecular weight excluding hydrogens is 364 g/mol. The van der Waals surface area contributed by atoms with Crippen LogP contribution in [0.15, 0.2) is 35.3 Å². The second kappa shape index (κ2) is 8.45. The molecule has 0 bridgehead atoms. The smallest absolute Gasteiger partial charge is 0.319 e. The molecule has 1 N–H and O–H groups in total. The third-order valence-electron chi connectivity index (χ3n) is 4.33. The van der Waals surface area contributed by atoms with E-state index in [4.69, 9.17) is 0 Å². The number of para-hydroxylation sites is 2. The van der Waals surface area contributed by atoms with Crippen LogP contribution in [-0.2, 0) is 17.1 Å². The van der Waals surface area contributed by atoms with Crippen LogP contribution >= 0.6 is 0 Å². The van der Waals surface area contributed by atoms with Gasteiger partial charge in [0.1, 0.15) is 5.52 Å². The van der Waals surface area contributed by atoms with E-state index in [-0.39, 0.29) is 22.6 Å². The van der Waals surface area contributed by atoms with E-state index in [0.29, 0.717) is 5.52 Å². The maximum absolute atomic E-state index is 12.4. The van der Waals surface area contributed by atoms with E-state index in [9.17, 15) is 4.79 Å². The van der Waals surface area contributed by atoms with Gasteiger partial charge in [-0.25, -0.2) is 0 Å². The Labute approximate surface area is 165 Å². The molecular formula is C22H18FeN2O+2. The molecule has 5 rings (SSSR count). The molecule has 3 nitrogen and oxygen atoms in total. The Bertz CT molecular complexity index is 923. The van der Waals surface area contributed by atoms with Crippen molar-refractivity contribution in [2.24, 2.45) is 0 Å². The van der Waals surface area contributed by atoms with Crippen LogP contribution in [0, 0.1) is 70.6 Å². The van der Waals surface area contributed by atoms with Gasteiger partial charge in [-0.2, -0.15) is 0 Å². The van der Waals surface area contributed by atoms with E-state index in [2.05, 4.69) is 4.98 Å². The van der Waals surface area contributed by atoms with E-state index in [1.165, 1.54) is 0 Å². The Morgan fingerprint density at radius 3 is 2.15 bits per heavy atom. The zero-order chi connectivity index (χ0) is 17.2. The van der Waals surface area contributed by atoms with Gasteiger partial charge in [-0.3, -0.25) is 4.79 Å². The average Bonchev–Trinajstić information content (AvgIpc) is 3.37. The average molecular weight is 382 g/mol. The molecule has 2 aromatic heterocycles. The third kappa shape index (κ3) is 3.63. The largest absolute Gasteiger partial charge is 2.00 e. The van der Waals surface area contributed by atoms with Crippen LogP contribution in [0.3, 0.4) is 0 Å². The number of aromatic nitrogens is 2. The minimum atomic E-state index is -0.0481. The van der Waals surface area contributed by atoms with Gasteiger partial charge in [0.15, 0.2) is 0 Å². The molecule has 0 aliphatic heterocycles. The van der Waals surface area contributed by atoms with Crippen molar-refractivity contribution >= 4 is 16.6 Å². The number of benzene rings is 1. The first-order valence-corrected chi connectivity index (χ1v) is 8.27. The Morgan fingerprint density at radius 1 is 0.885 bits per heavy atom. The Balaban J connectivity index is 0.000000285. The first-order valence-electron chi connectivity index (χ1n) is 8.27. The van der Waals surface area contributed by atoms with Gasteiger partial charge < -0.3 is 9.38 Å².